The number of nitrogens with one attached hydrogen (secondary N) is 2. The minimum Gasteiger partial charge on any atom is -0.504 e. The molecule has 0 radical (unpaired) electrons. The molecule has 302 valence electrons. The summed E-state index contributed by atoms with van der Waals surface area (Å²) in [7, 11) is 0. The maximum atomic E-state index is 12.8. The highest BCUT2D eigenvalue weighted by Crippen LogP contribution is 2.59. The summed E-state index contributed by atoms with van der Waals surface area (Å²) in [5, 5.41) is 34.3. The Bertz CT molecular complexity index is 1670. The summed E-state index contributed by atoms with van der Waals surface area (Å²) in [4.78, 5) is 29.0. The predicted octanol–water partition coefficient (Wildman–Crippen LogP) is 6.19. The molecule has 4 aliphatic rings. The third kappa shape index (κ3) is 9.71. The molecule has 2 aromatic rings. The van der Waals surface area contributed by atoms with Crippen LogP contribution in [0.4, 0.5) is 0 Å². The number of hydrogen-bond acceptors (Lipinski definition) is 10. The maximum Gasteiger partial charge on any atom is 0.302 e. The number of fused-ring (bicyclic) bond motifs is 1. The van der Waals surface area contributed by atoms with E-state index in [1.54, 1.807) is 12.1 Å². The molecule has 2 bridgehead atoms. The number of ether oxygens (including phenoxy) is 3. The van der Waals surface area contributed by atoms with Crippen LogP contribution in [0.2, 0.25) is 0 Å². The molecule has 6 rings (SSSR count). The van der Waals surface area contributed by atoms with Crippen molar-refractivity contribution >= 4 is 17.5 Å². The second-order valence-corrected chi connectivity index (χ2v) is 17.0. The molecule has 1 aromatic heterocycles. The van der Waals surface area contributed by atoms with E-state index < -0.39 is 18.2 Å². The van der Waals surface area contributed by atoms with Gasteiger partial charge in [-0.3, -0.25) is 9.59 Å². The van der Waals surface area contributed by atoms with Crippen LogP contribution in [0.15, 0.2) is 48.4 Å². The van der Waals surface area contributed by atoms with Crippen LogP contribution in [0.3, 0.4) is 0 Å². The zero-order valence-corrected chi connectivity index (χ0v) is 33.0. The van der Waals surface area contributed by atoms with Gasteiger partial charge < -0.3 is 45.6 Å². The molecule has 3 saturated carbocycles. The Morgan fingerprint density at radius 2 is 1.80 bits per heavy atom. The number of nitrogens with two attached hydrogens (primary N) is 1. The fraction of sp³-hybridized carbons (Fsp3) is 0.636. The van der Waals surface area contributed by atoms with Crippen LogP contribution in [-0.4, -0.2) is 70.8 Å². The van der Waals surface area contributed by atoms with E-state index in [0.717, 1.165) is 48.8 Å². The lowest BCUT2D eigenvalue weighted by molar-refractivity contribution is -0.158. The predicted molar refractivity (Wildman–Crippen MR) is 211 cm³/mol. The smallest absolute Gasteiger partial charge is 0.302 e. The Kier molecular flexibility index (Phi) is 13.6. The largest absolute Gasteiger partial charge is 0.504 e. The molecule has 3 aliphatic carbocycles. The van der Waals surface area contributed by atoms with Crippen molar-refractivity contribution in [2.75, 3.05) is 26.4 Å². The monoisotopic (exact) mass is 761 g/mol. The molecule has 0 spiro atoms. The highest BCUT2D eigenvalue weighted by molar-refractivity contribution is 5.79. The third-order valence-corrected chi connectivity index (χ3v) is 13.3. The molecule has 11 nitrogen and oxygen atoms in total. The molecule has 1 aliphatic heterocycles. The van der Waals surface area contributed by atoms with Gasteiger partial charge in [0.05, 0.1) is 12.4 Å². The first-order chi connectivity index (χ1) is 26.4. The molecule has 1 aromatic carbocycles. The number of hydrogen-bond donors (Lipinski definition) is 6. The SMILES string of the molecule is CC(=O)OC(CCc1cc(OCCO)c(O)cc1C1=CCNC(N)=C1)CC(OC(C)=O)C1CC2CC3C(CCC(c4ccc[nH]4)C3CC2C(C)C)C(CO)C1. The molecule has 55 heavy (non-hydrogen) atoms. The molecular formula is C44H63N3O8. The number of benzene rings is 1. The van der Waals surface area contributed by atoms with E-state index in [1.807, 2.05) is 18.3 Å². The highest BCUT2D eigenvalue weighted by atomic mass is 16.6. The van der Waals surface area contributed by atoms with E-state index >= 15 is 0 Å². The number of phenolic OH excluding ortho intramolecular Hbond substituents is 1. The zero-order valence-electron chi connectivity index (χ0n) is 33.0. The molecule has 3 fully saturated rings. The van der Waals surface area contributed by atoms with Crippen LogP contribution >= 0.6 is 0 Å². The van der Waals surface area contributed by atoms with E-state index in [0.29, 0.717) is 73.1 Å². The molecule has 7 N–H and O–H groups in total. The van der Waals surface area contributed by atoms with Crippen LogP contribution in [0.1, 0.15) is 102 Å². The average Bonchev–Trinajstić information content (AvgIpc) is 3.68. The van der Waals surface area contributed by atoms with Crippen molar-refractivity contribution in [3.05, 3.63) is 65.3 Å². The number of phenols is 1. The van der Waals surface area contributed by atoms with Gasteiger partial charge in [-0.25, -0.2) is 0 Å². The molecule has 10 unspecified atom stereocenters. The quantitative estimate of drug-likeness (QED) is 0.115. The number of H-pyrrole nitrogens is 1. The van der Waals surface area contributed by atoms with Crippen molar-refractivity contribution in [1.82, 2.24) is 10.3 Å². The van der Waals surface area contributed by atoms with Crippen molar-refractivity contribution in [1.29, 1.82) is 0 Å². The topological polar surface area (TPSA) is 176 Å². The van der Waals surface area contributed by atoms with E-state index in [9.17, 15) is 24.9 Å². The summed E-state index contributed by atoms with van der Waals surface area (Å²) in [5.41, 5.74) is 9.94. The number of carbonyl (C=O) groups excluding carboxylic acids is 2. The molecule has 2 heterocycles. The second kappa shape index (κ2) is 18.3. The van der Waals surface area contributed by atoms with Crippen LogP contribution in [0, 0.1) is 47.3 Å². The number of aromatic nitrogens is 1. The summed E-state index contributed by atoms with van der Waals surface area (Å²) in [6.07, 6.45) is 12.1. The number of aliphatic hydroxyl groups excluding tert-OH is 2. The Hall–Kier alpha value is -3.96. The first-order valence-electron chi connectivity index (χ1n) is 20.5. The van der Waals surface area contributed by atoms with Crippen molar-refractivity contribution in [2.24, 2.45) is 53.1 Å². The number of aromatic hydroxyl groups is 1. The van der Waals surface area contributed by atoms with Gasteiger partial charge in [-0.15, -0.1) is 0 Å². The summed E-state index contributed by atoms with van der Waals surface area (Å²) in [6, 6.07) is 7.77. The number of esters is 2. The minimum atomic E-state index is -0.563. The van der Waals surface area contributed by atoms with Gasteiger partial charge in [-0.05, 0) is 146 Å². The Morgan fingerprint density at radius 1 is 1.00 bits per heavy atom. The Morgan fingerprint density at radius 3 is 2.47 bits per heavy atom. The van der Waals surface area contributed by atoms with Gasteiger partial charge in [-0.2, -0.15) is 0 Å². The summed E-state index contributed by atoms with van der Waals surface area (Å²) >= 11 is 0. The lowest BCUT2D eigenvalue weighted by Crippen LogP contribution is -2.49. The lowest BCUT2D eigenvalue weighted by atomic mass is 9.50. The second-order valence-electron chi connectivity index (χ2n) is 17.0. The Labute approximate surface area is 326 Å². The summed E-state index contributed by atoms with van der Waals surface area (Å²) < 4.78 is 17.9. The van der Waals surface area contributed by atoms with Crippen LogP contribution in [0.25, 0.3) is 5.57 Å². The number of dihydropyridines is 1. The summed E-state index contributed by atoms with van der Waals surface area (Å²) in [6.45, 7) is 8.00. The third-order valence-electron chi connectivity index (χ3n) is 13.3. The van der Waals surface area contributed by atoms with Crippen molar-refractivity contribution < 1.29 is 39.1 Å². The molecule has 11 heteroatoms. The maximum absolute atomic E-state index is 12.8. The number of allylic oxidation sites excluding steroid dienone is 2. The fourth-order valence-corrected chi connectivity index (χ4v) is 11.0. The van der Waals surface area contributed by atoms with Crippen molar-refractivity contribution in [2.45, 2.75) is 104 Å². The van der Waals surface area contributed by atoms with Gasteiger partial charge in [0.25, 0.3) is 0 Å². The normalized spacial score (nSPS) is 28.8. The van der Waals surface area contributed by atoms with Crippen LogP contribution in [-0.2, 0) is 25.5 Å². The molecule has 0 saturated heterocycles. The van der Waals surface area contributed by atoms with Crippen LogP contribution in [0.5, 0.6) is 11.5 Å². The van der Waals surface area contributed by atoms with E-state index in [-0.39, 0.29) is 49.1 Å². The number of aromatic amines is 1. The number of aliphatic hydroxyl groups is 2. The van der Waals surface area contributed by atoms with Gasteiger partial charge in [0.1, 0.15) is 18.8 Å². The van der Waals surface area contributed by atoms with E-state index in [4.69, 9.17) is 19.9 Å². The van der Waals surface area contributed by atoms with Gasteiger partial charge in [0.2, 0.25) is 0 Å². The Balaban J connectivity index is 1.27. The lowest BCUT2D eigenvalue weighted by Gasteiger charge is -2.55. The van der Waals surface area contributed by atoms with Crippen molar-refractivity contribution in [3.63, 3.8) is 0 Å². The molecule has 0 amide bonds. The first kappa shape index (κ1) is 40.7. The molecular weight excluding hydrogens is 698 g/mol. The van der Waals surface area contributed by atoms with Gasteiger partial charge in [0, 0.05) is 51.2 Å². The van der Waals surface area contributed by atoms with Crippen molar-refractivity contribution in [3.8, 4) is 11.5 Å². The standard InChI is InChI=1S/C44H63N3O8/c1-25(2)36-22-39-35(40-6-5-12-46-40)10-9-34-32(24-49)17-31(16-30(36)18-38(34)39)42(55-27(4)51)21-33(54-26(3)50)8-7-28-19-43(53-15-14-48)41(52)23-37(28)29-11-13-47-44(45)20-29/h5-6,11-12,19-20,23,25,30-36,38-39,42,46-49,52H,7-10,13-18,21-22,24,45H2,1-4H3. The van der Waals surface area contributed by atoms with E-state index in [2.05, 4.69) is 36.3 Å². The summed E-state index contributed by atoms with van der Waals surface area (Å²) in [5.74, 6) is 3.59. The fourth-order valence-electron chi connectivity index (χ4n) is 11.0. The highest BCUT2D eigenvalue weighted by Gasteiger charge is 2.51. The number of aryl methyl sites for hydroxylation is 1. The van der Waals surface area contributed by atoms with Gasteiger partial charge >= 0.3 is 11.9 Å². The molecule has 10 atom stereocenters. The van der Waals surface area contributed by atoms with Gasteiger partial charge in [0.15, 0.2) is 11.5 Å². The number of carbonyl (C=O) groups is 2. The first-order valence-corrected chi connectivity index (χ1v) is 20.5. The van der Waals surface area contributed by atoms with Crippen LogP contribution < -0.4 is 15.8 Å². The number of rotatable bonds is 15. The zero-order chi connectivity index (χ0) is 39.2. The van der Waals surface area contributed by atoms with Gasteiger partial charge in [-0.1, -0.05) is 19.9 Å². The van der Waals surface area contributed by atoms with E-state index in [1.165, 1.54) is 26.0 Å². The minimum absolute atomic E-state index is 0.000266. The average molecular weight is 762 g/mol.